The van der Waals surface area contributed by atoms with Crippen molar-refractivity contribution in [1.29, 1.82) is 0 Å². The van der Waals surface area contributed by atoms with Gasteiger partial charge in [0.05, 0.1) is 11.0 Å². The standard InChI is InChI=1S/C15H21N3O/c1-4-5-15(19)16-9-8-12-6-7-14-13(10-12)17-11(2)18(14)3/h6-7,10H,4-5,8-9H2,1-3H3,(H,16,19). The number of imidazole rings is 1. The normalized spacial score (nSPS) is 10.9. The van der Waals surface area contributed by atoms with Crippen LogP contribution in [-0.4, -0.2) is 22.0 Å². The highest BCUT2D eigenvalue weighted by Gasteiger charge is 2.05. The molecule has 19 heavy (non-hydrogen) atoms. The van der Waals surface area contributed by atoms with E-state index >= 15 is 0 Å². The van der Waals surface area contributed by atoms with Gasteiger partial charge in [-0.2, -0.15) is 0 Å². The Labute approximate surface area is 113 Å². The van der Waals surface area contributed by atoms with Gasteiger partial charge in [0.15, 0.2) is 0 Å². The lowest BCUT2D eigenvalue weighted by molar-refractivity contribution is -0.121. The number of rotatable bonds is 5. The highest BCUT2D eigenvalue weighted by Crippen LogP contribution is 2.16. The van der Waals surface area contributed by atoms with E-state index < -0.39 is 0 Å². The van der Waals surface area contributed by atoms with Crippen molar-refractivity contribution in [3.05, 3.63) is 29.6 Å². The Balaban J connectivity index is 2.00. The first-order valence-electron chi connectivity index (χ1n) is 6.80. The van der Waals surface area contributed by atoms with Crippen molar-refractivity contribution in [2.45, 2.75) is 33.1 Å². The van der Waals surface area contributed by atoms with Crippen molar-refractivity contribution >= 4 is 16.9 Å². The third-order valence-corrected chi connectivity index (χ3v) is 3.38. The van der Waals surface area contributed by atoms with E-state index in [1.807, 2.05) is 20.9 Å². The monoisotopic (exact) mass is 259 g/mol. The van der Waals surface area contributed by atoms with Crippen LogP contribution in [-0.2, 0) is 18.3 Å². The van der Waals surface area contributed by atoms with Gasteiger partial charge in [-0.25, -0.2) is 4.98 Å². The molecule has 1 amide bonds. The number of aryl methyl sites for hydroxylation is 2. The van der Waals surface area contributed by atoms with Crippen LogP contribution in [0.15, 0.2) is 18.2 Å². The molecule has 0 bridgehead atoms. The average Bonchev–Trinajstić information content (AvgIpc) is 2.65. The molecular weight excluding hydrogens is 238 g/mol. The molecule has 0 aliphatic rings. The minimum absolute atomic E-state index is 0.136. The van der Waals surface area contributed by atoms with E-state index in [-0.39, 0.29) is 5.91 Å². The molecule has 0 atom stereocenters. The van der Waals surface area contributed by atoms with Crippen molar-refractivity contribution < 1.29 is 4.79 Å². The number of amides is 1. The van der Waals surface area contributed by atoms with Crippen LogP contribution < -0.4 is 5.32 Å². The van der Waals surface area contributed by atoms with E-state index in [0.29, 0.717) is 13.0 Å². The number of benzene rings is 1. The summed E-state index contributed by atoms with van der Waals surface area (Å²) < 4.78 is 2.09. The summed E-state index contributed by atoms with van der Waals surface area (Å²) in [6.45, 7) is 4.71. The van der Waals surface area contributed by atoms with Gasteiger partial charge in [0, 0.05) is 20.0 Å². The molecule has 0 aliphatic carbocycles. The van der Waals surface area contributed by atoms with Gasteiger partial charge in [-0.1, -0.05) is 13.0 Å². The molecule has 0 spiro atoms. The quantitative estimate of drug-likeness (QED) is 0.896. The van der Waals surface area contributed by atoms with E-state index in [0.717, 1.165) is 29.7 Å². The number of hydrogen-bond donors (Lipinski definition) is 1. The average molecular weight is 259 g/mol. The lowest BCUT2D eigenvalue weighted by atomic mass is 10.1. The van der Waals surface area contributed by atoms with Crippen molar-refractivity contribution in [3.63, 3.8) is 0 Å². The van der Waals surface area contributed by atoms with E-state index in [4.69, 9.17) is 0 Å². The molecule has 1 aromatic carbocycles. The Morgan fingerprint density at radius 3 is 2.95 bits per heavy atom. The summed E-state index contributed by atoms with van der Waals surface area (Å²) in [6.07, 6.45) is 2.35. The van der Waals surface area contributed by atoms with Gasteiger partial charge < -0.3 is 9.88 Å². The Kier molecular flexibility index (Phi) is 4.20. The van der Waals surface area contributed by atoms with Crippen LogP contribution >= 0.6 is 0 Å². The number of nitrogens with one attached hydrogen (secondary N) is 1. The van der Waals surface area contributed by atoms with E-state index in [2.05, 4.69) is 33.1 Å². The van der Waals surface area contributed by atoms with Crippen molar-refractivity contribution in [2.75, 3.05) is 6.54 Å². The fourth-order valence-corrected chi connectivity index (χ4v) is 2.18. The molecule has 0 aliphatic heterocycles. The first-order valence-corrected chi connectivity index (χ1v) is 6.80. The minimum Gasteiger partial charge on any atom is -0.356 e. The summed E-state index contributed by atoms with van der Waals surface area (Å²) in [5.41, 5.74) is 3.39. The van der Waals surface area contributed by atoms with Gasteiger partial charge in [0.1, 0.15) is 5.82 Å². The molecule has 0 radical (unpaired) electrons. The third kappa shape index (κ3) is 3.13. The topological polar surface area (TPSA) is 46.9 Å². The Bertz CT molecular complexity index is 586. The first-order chi connectivity index (χ1) is 9.11. The van der Waals surface area contributed by atoms with Gasteiger partial charge in [0.2, 0.25) is 5.91 Å². The molecule has 0 fully saturated rings. The van der Waals surface area contributed by atoms with Gasteiger partial charge in [-0.3, -0.25) is 4.79 Å². The fraction of sp³-hybridized carbons (Fsp3) is 0.467. The number of carbonyl (C=O) groups is 1. The van der Waals surface area contributed by atoms with Crippen molar-refractivity contribution in [2.24, 2.45) is 7.05 Å². The maximum atomic E-state index is 11.4. The predicted molar refractivity (Wildman–Crippen MR) is 77.1 cm³/mol. The predicted octanol–water partition coefficient (Wildman–Crippen LogP) is 2.34. The Morgan fingerprint density at radius 1 is 1.42 bits per heavy atom. The summed E-state index contributed by atoms with van der Waals surface area (Å²) in [5, 5.41) is 2.93. The lowest BCUT2D eigenvalue weighted by Gasteiger charge is -2.04. The molecule has 2 aromatic rings. The van der Waals surface area contributed by atoms with Crippen LogP contribution in [0.1, 0.15) is 31.2 Å². The number of fused-ring (bicyclic) bond motifs is 1. The van der Waals surface area contributed by atoms with Crippen LogP contribution in [0.25, 0.3) is 11.0 Å². The third-order valence-electron chi connectivity index (χ3n) is 3.38. The van der Waals surface area contributed by atoms with E-state index in [1.54, 1.807) is 0 Å². The number of hydrogen-bond acceptors (Lipinski definition) is 2. The number of aromatic nitrogens is 2. The van der Waals surface area contributed by atoms with Gasteiger partial charge in [0.25, 0.3) is 0 Å². The zero-order valence-corrected chi connectivity index (χ0v) is 11.9. The van der Waals surface area contributed by atoms with E-state index in [1.165, 1.54) is 5.56 Å². The largest absolute Gasteiger partial charge is 0.356 e. The van der Waals surface area contributed by atoms with Crippen LogP contribution in [0.4, 0.5) is 0 Å². The first kappa shape index (κ1) is 13.6. The second kappa shape index (κ2) is 5.87. The maximum absolute atomic E-state index is 11.4. The maximum Gasteiger partial charge on any atom is 0.219 e. The molecule has 2 rings (SSSR count). The second-order valence-corrected chi connectivity index (χ2v) is 4.89. The van der Waals surface area contributed by atoms with Gasteiger partial charge >= 0.3 is 0 Å². The molecule has 1 N–H and O–H groups in total. The van der Waals surface area contributed by atoms with Crippen LogP contribution in [0.2, 0.25) is 0 Å². The molecule has 0 unspecified atom stereocenters. The SMILES string of the molecule is CCCC(=O)NCCc1ccc2c(c1)nc(C)n2C. The van der Waals surface area contributed by atoms with Gasteiger partial charge in [-0.05, 0) is 37.5 Å². The molecule has 4 nitrogen and oxygen atoms in total. The van der Waals surface area contributed by atoms with Crippen molar-refractivity contribution in [1.82, 2.24) is 14.9 Å². The highest BCUT2D eigenvalue weighted by molar-refractivity contribution is 5.77. The van der Waals surface area contributed by atoms with Gasteiger partial charge in [-0.15, -0.1) is 0 Å². The molecule has 4 heteroatoms. The zero-order chi connectivity index (χ0) is 13.8. The smallest absolute Gasteiger partial charge is 0.219 e. The molecule has 0 saturated heterocycles. The van der Waals surface area contributed by atoms with Crippen molar-refractivity contribution in [3.8, 4) is 0 Å². The van der Waals surface area contributed by atoms with E-state index in [9.17, 15) is 4.79 Å². The molecule has 0 saturated carbocycles. The van der Waals surface area contributed by atoms with Crippen LogP contribution in [0, 0.1) is 6.92 Å². The Morgan fingerprint density at radius 2 is 2.21 bits per heavy atom. The Hall–Kier alpha value is -1.84. The van der Waals surface area contributed by atoms with Crippen LogP contribution in [0.5, 0.6) is 0 Å². The fourth-order valence-electron chi connectivity index (χ4n) is 2.18. The second-order valence-electron chi connectivity index (χ2n) is 4.89. The zero-order valence-electron chi connectivity index (χ0n) is 11.9. The molecule has 1 heterocycles. The molecule has 102 valence electrons. The molecule has 1 aromatic heterocycles. The summed E-state index contributed by atoms with van der Waals surface area (Å²) in [7, 11) is 2.02. The summed E-state index contributed by atoms with van der Waals surface area (Å²) in [5.74, 6) is 1.15. The number of carbonyl (C=O) groups excluding carboxylic acids is 1. The summed E-state index contributed by atoms with van der Waals surface area (Å²) in [6, 6.07) is 6.31. The highest BCUT2D eigenvalue weighted by atomic mass is 16.1. The number of nitrogens with zero attached hydrogens (tertiary/aromatic N) is 2. The summed E-state index contributed by atoms with van der Waals surface area (Å²) in [4.78, 5) is 15.9. The van der Waals surface area contributed by atoms with Crippen LogP contribution in [0.3, 0.4) is 0 Å². The minimum atomic E-state index is 0.136. The molecular formula is C15H21N3O. The lowest BCUT2D eigenvalue weighted by Crippen LogP contribution is -2.25. The summed E-state index contributed by atoms with van der Waals surface area (Å²) >= 11 is 0.